The first-order valence-corrected chi connectivity index (χ1v) is 5.66. The van der Waals surface area contributed by atoms with Crippen LogP contribution in [0.2, 0.25) is 10.0 Å². The molecule has 0 heterocycles. The Balaban J connectivity index is 2.63. The third-order valence-corrected chi connectivity index (χ3v) is 3.22. The van der Waals surface area contributed by atoms with Gasteiger partial charge >= 0.3 is 0 Å². The van der Waals surface area contributed by atoms with Crippen LogP contribution in [0.25, 0.3) is 0 Å². The Kier molecular flexibility index (Phi) is 5.04. The average Bonchev–Trinajstić information content (AvgIpc) is 2.20. The first-order valence-electron chi connectivity index (χ1n) is 4.37. The summed E-state index contributed by atoms with van der Waals surface area (Å²) in [6, 6.07) is 5.88. The molecule has 0 aromatic heterocycles. The number of halogens is 3. The number of nitrogens with one attached hydrogen (secondary N) is 1. The molecule has 14 heavy (non-hydrogen) atoms. The van der Waals surface area contributed by atoms with Gasteiger partial charge in [0.25, 0.3) is 0 Å². The fourth-order valence-corrected chi connectivity index (χ4v) is 1.52. The molecule has 0 amide bonds. The van der Waals surface area contributed by atoms with E-state index in [2.05, 4.69) is 5.32 Å². The van der Waals surface area contributed by atoms with Gasteiger partial charge in [-0.2, -0.15) is 0 Å². The van der Waals surface area contributed by atoms with Gasteiger partial charge in [0.05, 0.1) is 10.0 Å². The Morgan fingerprint density at radius 1 is 1.36 bits per heavy atom. The second kappa shape index (κ2) is 5.82. The van der Waals surface area contributed by atoms with E-state index in [1.54, 1.807) is 6.07 Å². The van der Waals surface area contributed by atoms with E-state index in [9.17, 15) is 0 Å². The standard InChI is InChI=1S/C10H12Cl3N/c1-7(5-11)14-6-8-3-2-4-9(12)10(8)13/h2-4,7,14H,5-6H2,1H3. The number of hydrogen-bond donors (Lipinski definition) is 1. The molecule has 1 aromatic carbocycles. The molecule has 0 aliphatic rings. The van der Waals surface area contributed by atoms with Crippen LogP contribution in [-0.4, -0.2) is 11.9 Å². The lowest BCUT2D eigenvalue weighted by Crippen LogP contribution is -2.26. The topological polar surface area (TPSA) is 12.0 Å². The highest BCUT2D eigenvalue weighted by Crippen LogP contribution is 2.25. The molecule has 0 fully saturated rings. The van der Waals surface area contributed by atoms with Gasteiger partial charge in [-0.1, -0.05) is 35.3 Å². The fourth-order valence-electron chi connectivity index (χ4n) is 1.02. The van der Waals surface area contributed by atoms with Crippen molar-refractivity contribution in [2.45, 2.75) is 19.5 Å². The third-order valence-electron chi connectivity index (χ3n) is 1.90. The van der Waals surface area contributed by atoms with Gasteiger partial charge in [-0.25, -0.2) is 0 Å². The Hall–Kier alpha value is 0.0500. The van der Waals surface area contributed by atoms with E-state index < -0.39 is 0 Å². The lowest BCUT2D eigenvalue weighted by Gasteiger charge is -2.11. The van der Waals surface area contributed by atoms with Crippen molar-refractivity contribution < 1.29 is 0 Å². The average molecular weight is 253 g/mol. The van der Waals surface area contributed by atoms with Crippen molar-refractivity contribution in [3.8, 4) is 0 Å². The van der Waals surface area contributed by atoms with Gasteiger partial charge in [0.15, 0.2) is 0 Å². The summed E-state index contributed by atoms with van der Waals surface area (Å²) < 4.78 is 0. The van der Waals surface area contributed by atoms with Crippen LogP contribution in [0.15, 0.2) is 18.2 Å². The predicted molar refractivity (Wildman–Crippen MR) is 63.5 cm³/mol. The zero-order valence-corrected chi connectivity index (χ0v) is 10.1. The molecule has 1 aromatic rings. The van der Waals surface area contributed by atoms with Crippen molar-refractivity contribution in [1.82, 2.24) is 5.32 Å². The minimum atomic E-state index is 0.270. The molecule has 0 radical (unpaired) electrons. The van der Waals surface area contributed by atoms with Gasteiger partial charge in [0, 0.05) is 18.5 Å². The van der Waals surface area contributed by atoms with Gasteiger partial charge in [-0.05, 0) is 18.6 Å². The molecule has 0 saturated carbocycles. The maximum Gasteiger partial charge on any atom is 0.0637 e. The van der Waals surface area contributed by atoms with Crippen LogP contribution in [0.1, 0.15) is 12.5 Å². The third kappa shape index (κ3) is 3.32. The fraction of sp³-hybridized carbons (Fsp3) is 0.400. The maximum atomic E-state index is 6.01. The summed E-state index contributed by atoms with van der Waals surface area (Å²) in [5.74, 6) is 0.582. The van der Waals surface area contributed by atoms with Gasteiger partial charge in [0.1, 0.15) is 0 Å². The number of rotatable bonds is 4. The second-order valence-corrected chi connectivity index (χ2v) is 4.24. The Labute approximate surface area is 99.4 Å². The number of benzene rings is 1. The van der Waals surface area contributed by atoms with E-state index in [-0.39, 0.29) is 6.04 Å². The Morgan fingerprint density at radius 2 is 2.07 bits per heavy atom. The number of hydrogen-bond acceptors (Lipinski definition) is 1. The second-order valence-electron chi connectivity index (χ2n) is 3.15. The van der Waals surface area contributed by atoms with E-state index in [0.29, 0.717) is 22.5 Å². The van der Waals surface area contributed by atoms with Crippen LogP contribution in [0.3, 0.4) is 0 Å². The van der Waals surface area contributed by atoms with Crippen LogP contribution >= 0.6 is 34.8 Å². The van der Waals surface area contributed by atoms with Crippen molar-refractivity contribution in [2.24, 2.45) is 0 Å². The molecule has 1 unspecified atom stereocenters. The minimum Gasteiger partial charge on any atom is -0.309 e. The summed E-state index contributed by atoms with van der Waals surface area (Å²) in [6.45, 7) is 2.71. The Morgan fingerprint density at radius 3 is 2.71 bits per heavy atom. The van der Waals surface area contributed by atoms with E-state index in [4.69, 9.17) is 34.8 Å². The first-order chi connectivity index (χ1) is 6.65. The molecule has 0 aliphatic heterocycles. The van der Waals surface area contributed by atoms with E-state index in [0.717, 1.165) is 5.56 Å². The van der Waals surface area contributed by atoms with Crippen molar-refractivity contribution in [3.05, 3.63) is 33.8 Å². The summed E-state index contributed by atoms with van der Waals surface area (Å²) in [6.07, 6.45) is 0. The predicted octanol–water partition coefficient (Wildman–Crippen LogP) is 3.71. The highest BCUT2D eigenvalue weighted by molar-refractivity contribution is 6.42. The van der Waals surface area contributed by atoms with Crippen LogP contribution < -0.4 is 5.32 Å². The zero-order valence-electron chi connectivity index (χ0n) is 7.86. The van der Waals surface area contributed by atoms with E-state index >= 15 is 0 Å². The smallest absolute Gasteiger partial charge is 0.0637 e. The highest BCUT2D eigenvalue weighted by Gasteiger charge is 2.05. The van der Waals surface area contributed by atoms with Crippen LogP contribution in [0, 0.1) is 0 Å². The zero-order chi connectivity index (χ0) is 10.6. The highest BCUT2D eigenvalue weighted by atomic mass is 35.5. The van der Waals surface area contributed by atoms with Gasteiger partial charge in [-0.3, -0.25) is 0 Å². The van der Waals surface area contributed by atoms with Crippen molar-refractivity contribution >= 4 is 34.8 Å². The molecule has 1 N–H and O–H groups in total. The monoisotopic (exact) mass is 251 g/mol. The minimum absolute atomic E-state index is 0.270. The summed E-state index contributed by atoms with van der Waals surface area (Å²) >= 11 is 17.6. The maximum absolute atomic E-state index is 6.01. The van der Waals surface area contributed by atoms with Crippen LogP contribution in [-0.2, 0) is 6.54 Å². The van der Waals surface area contributed by atoms with Gasteiger partial charge < -0.3 is 5.32 Å². The Bertz CT molecular complexity index is 301. The van der Waals surface area contributed by atoms with E-state index in [1.165, 1.54) is 0 Å². The molecule has 4 heteroatoms. The summed E-state index contributed by atoms with van der Waals surface area (Å²) in [7, 11) is 0. The van der Waals surface area contributed by atoms with Crippen molar-refractivity contribution in [3.63, 3.8) is 0 Å². The molecule has 78 valence electrons. The van der Waals surface area contributed by atoms with Crippen molar-refractivity contribution in [1.29, 1.82) is 0 Å². The molecule has 0 aliphatic carbocycles. The van der Waals surface area contributed by atoms with Gasteiger partial charge in [0.2, 0.25) is 0 Å². The molecule has 0 saturated heterocycles. The van der Waals surface area contributed by atoms with Crippen LogP contribution in [0.4, 0.5) is 0 Å². The largest absolute Gasteiger partial charge is 0.309 e. The van der Waals surface area contributed by atoms with Gasteiger partial charge in [-0.15, -0.1) is 11.6 Å². The summed E-state index contributed by atoms with van der Waals surface area (Å²) in [5, 5.41) is 4.44. The normalized spacial score (nSPS) is 12.9. The summed E-state index contributed by atoms with van der Waals surface area (Å²) in [5.41, 5.74) is 0.996. The van der Waals surface area contributed by atoms with E-state index in [1.807, 2.05) is 19.1 Å². The number of alkyl halides is 1. The molecule has 1 nitrogen and oxygen atoms in total. The van der Waals surface area contributed by atoms with Crippen LogP contribution in [0.5, 0.6) is 0 Å². The first kappa shape index (κ1) is 12.1. The molecule has 0 bridgehead atoms. The SMILES string of the molecule is CC(CCl)NCc1cccc(Cl)c1Cl. The molecular weight excluding hydrogens is 240 g/mol. The molecule has 1 rings (SSSR count). The lowest BCUT2D eigenvalue weighted by molar-refractivity contribution is 0.593. The summed E-state index contributed by atoms with van der Waals surface area (Å²) in [4.78, 5) is 0. The lowest BCUT2D eigenvalue weighted by atomic mass is 10.2. The quantitative estimate of drug-likeness (QED) is 0.806. The molecule has 1 atom stereocenters. The molecule has 0 spiro atoms. The molecular formula is C10H12Cl3N. The van der Waals surface area contributed by atoms with Crippen molar-refractivity contribution in [2.75, 3.05) is 5.88 Å².